The first-order valence-corrected chi connectivity index (χ1v) is 14.0. The number of fused-ring (bicyclic) bond motifs is 2. The largest absolute Gasteiger partial charge is 0.486 e. The van der Waals surface area contributed by atoms with Gasteiger partial charge in [0.15, 0.2) is 11.5 Å². The monoisotopic (exact) mass is 568 g/mol. The zero-order chi connectivity index (χ0) is 28.9. The molecule has 1 aromatic heterocycles. The fraction of sp³-hybridized carbons (Fsp3) is 0.281. The van der Waals surface area contributed by atoms with Gasteiger partial charge in [0.25, 0.3) is 11.8 Å². The van der Waals surface area contributed by atoms with Crippen LogP contribution in [0.1, 0.15) is 26.3 Å². The van der Waals surface area contributed by atoms with E-state index < -0.39 is 0 Å². The molecule has 2 aliphatic rings. The number of ether oxygens (including phenoxy) is 4. The van der Waals surface area contributed by atoms with Crippen molar-refractivity contribution in [3.63, 3.8) is 0 Å². The number of rotatable bonds is 8. The van der Waals surface area contributed by atoms with Crippen molar-refractivity contribution in [2.24, 2.45) is 0 Å². The van der Waals surface area contributed by atoms with Crippen molar-refractivity contribution < 1.29 is 28.5 Å². The minimum absolute atomic E-state index is 0.263. The molecule has 0 aliphatic carbocycles. The maximum absolute atomic E-state index is 13.2. The van der Waals surface area contributed by atoms with E-state index in [1.807, 2.05) is 31.2 Å². The lowest BCUT2D eigenvalue weighted by atomic mass is 10.1. The Morgan fingerprint density at radius 3 is 2.45 bits per heavy atom. The first-order chi connectivity index (χ1) is 20.5. The summed E-state index contributed by atoms with van der Waals surface area (Å²) in [5, 5.41) is 6.70. The molecule has 10 heteroatoms. The second-order valence-electron chi connectivity index (χ2n) is 10.2. The van der Waals surface area contributed by atoms with E-state index in [0.717, 1.165) is 49.3 Å². The molecule has 216 valence electrons. The van der Waals surface area contributed by atoms with Crippen LogP contribution in [0.3, 0.4) is 0 Å². The number of amides is 2. The minimum Gasteiger partial charge on any atom is -0.486 e. The van der Waals surface area contributed by atoms with Crippen molar-refractivity contribution in [3.05, 3.63) is 83.4 Å². The Morgan fingerprint density at radius 2 is 1.60 bits per heavy atom. The van der Waals surface area contributed by atoms with Gasteiger partial charge in [-0.2, -0.15) is 0 Å². The van der Waals surface area contributed by atoms with E-state index in [1.54, 1.807) is 42.5 Å². The average Bonchev–Trinajstić information content (AvgIpc) is 3.02. The van der Waals surface area contributed by atoms with Gasteiger partial charge in [0, 0.05) is 53.6 Å². The minimum atomic E-state index is -0.292. The summed E-state index contributed by atoms with van der Waals surface area (Å²) in [5.41, 5.74) is 3.70. The fourth-order valence-corrected chi connectivity index (χ4v) is 4.85. The number of carbonyl (C=O) groups excluding carboxylic acids is 2. The van der Waals surface area contributed by atoms with Gasteiger partial charge in [-0.15, -0.1) is 0 Å². The number of aryl methyl sites for hydroxylation is 1. The summed E-state index contributed by atoms with van der Waals surface area (Å²) in [5.74, 6) is 1.17. The lowest BCUT2D eigenvalue weighted by molar-refractivity contribution is 0.0320. The molecule has 10 nitrogen and oxygen atoms in total. The van der Waals surface area contributed by atoms with E-state index in [1.165, 1.54) is 0 Å². The highest BCUT2D eigenvalue weighted by Gasteiger charge is 2.16. The zero-order valence-electron chi connectivity index (χ0n) is 23.4. The predicted octanol–water partition coefficient (Wildman–Crippen LogP) is 4.53. The van der Waals surface area contributed by atoms with Gasteiger partial charge in [-0.05, 0) is 67.1 Å². The number of aromatic nitrogens is 1. The van der Waals surface area contributed by atoms with E-state index in [-0.39, 0.29) is 11.8 Å². The Morgan fingerprint density at radius 1 is 0.833 bits per heavy atom. The molecule has 2 N–H and O–H groups in total. The van der Waals surface area contributed by atoms with E-state index >= 15 is 0 Å². The van der Waals surface area contributed by atoms with Crippen molar-refractivity contribution in [2.75, 3.05) is 63.3 Å². The van der Waals surface area contributed by atoms with E-state index in [4.69, 9.17) is 18.9 Å². The molecule has 3 heterocycles. The lowest BCUT2D eigenvalue weighted by Crippen LogP contribution is -2.38. The molecule has 0 atom stereocenters. The number of carbonyl (C=O) groups is 2. The summed E-state index contributed by atoms with van der Waals surface area (Å²) < 4.78 is 22.4. The molecule has 0 spiro atoms. The summed E-state index contributed by atoms with van der Waals surface area (Å²) in [6.07, 6.45) is 0. The number of anilines is 2. The number of benzene rings is 3. The second kappa shape index (κ2) is 12.5. The van der Waals surface area contributed by atoms with Crippen molar-refractivity contribution in [1.82, 2.24) is 9.88 Å². The molecular formula is C32H32N4O6. The van der Waals surface area contributed by atoms with E-state index in [9.17, 15) is 9.59 Å². The molecule has 0 radical (unpaired) electrons. The van der Waals surface area contributed by atoms with Crippen molar-refractivity contribution >= 4 is 34.1 Å². The van der Waals surface area contributed by atoms with Crippen LogP contribution in [0.4, 0.5) is 11.4 Å². The number of hydrogen-bond donors (Lipinski definition) is 2. The molecule has 0 bridgehead atoms. The Balaban J connectivity index is 1.09. The Kier molecular flexibility index (Phi) is 8.16. The van der Waals surface area contributed by atoms with E-state index in [0.29, 0.717) is 59.7 Å². The van der Waals surface area contributed by atoms with Gasteiger partial charge in [-0.3, -0.25) is 14.5 Å². The number of hydrogen-bond acceptors (Lipinski definition) is 8. The van der Waals surface area contributed by atoms with Crippen molar-refractivity contribution in [3.8, 4) is 17.4 Å². The Bertz CT molecular complexity index is 1620. The first-order valence-electron chi connectivity index (χ1n) is 14.0. The quantitative estimate of drug-likeness (QED) is 0.319. The first kappa shape index (κ1) is 27.5. The molecule has 2 aliphatic heterocycles. The molecule has 2 amide bonds. The van der Waals surface area contributed by atoms with Crippen LogP contribution >= 0.6 is 0 Å². The van der Waals surface area contributed by atoms with Crippen LogP contribution < -0.4 is 24.8 Å². The van der Waals surface area contributed by atoms with Crippen molar-refractivity contribution in [2.45, 2.75) is 6.92 Å². The normalized spacial score (nSPS) is 14.8. The number of morpholine rings is 1. The molecule has 42 heavy (non-hydrogen) atoms. The molecule has 4 aromatic rings. The van der Waals surface area contributed by atoms with Crippen molar-refractivity contribution in [1.29, 1.82) is 0 Å². The van der Waals surface area contributed by atoms with E-state index in [2.05, 4.69) is 20.5 Å². The van der Waals surface area contributed by atoms with Gasteiger partial charge in [-0.1, -0.05) is 6.07 Å². The summed E-state index contributed by atoms with van der Waals surface area (Å²) in [6.45, 7) is 7.54. The third-order valence-electron chi connectivity index (χ3n) is 7.24. The predicted molar refractivity (Wildman–Crippen MR) is 159 cm³/mol. The summed E-state index contributed by atoms with van der Waals surface area (Å²) in [4.78, 5) is 33.0. The summed E-state index contributed by atoms with van der Waals surface area (Å²) in [6, 6.07) is 19.5. The molecule has 1 fully saturated rings. The average molecular weight is 569 g/mol. The highest BCUT2D eigenvalue weighted by Crippen LogP contribution is 2.31. The van der Waals surface area contributed by atoms with Gasteiger partial charge in [-0.25, -0.2) is 4.98 Å². The van der Waals surface area contributed by atoms with Gasteiger partial charge in [0.2, 0.25) is 5.88 Å². The fourth-order valence-electron chi connectivity index (χ4n) is 4.85. The second-order valence-corrected chi connectivity index (χ2v) is 10.2. The van der Waals surface area contributed by atoms with Crippen LogP contribution in [0, 0.1) is 6.92 Å². The molecule has 3 aromatic carbocycles. The summed E-state index contributed by atoms with van der Waals surface area (Å²) in [7, 11) is 0. The number of nitrogens with one attached hydrogen (secondary N) is 2. The number of pyridine rings is 1. The molecular weight excluding hydrogens is 536 g/mol. The van der Waals surface area contributed by atoms with Gasteiger partial charge < -0.3 is 29.6 Å². The van der Waals surface area contributed by atoms with Gasteiger partial charge >= 0.3 is 0 Å². The van der Waals surface area contributed by atoms with Crippen LogP contribution in [0.2, 0.25) is 0 Å². The van der Waals surface area contributed by atoms with Gasteiger partial charge in [0.1, 0.15) is 19.8 Å². The van der Waals surface area contributed by atoms with Crippen LogP contribution in [0.5, 0.6) is 17.4 Å². The van der Waals surface area contributed by atoms with Crippen LogP contribution in [-0.4, -0.2) is 74.4 Å². The smallest absolute Gasteiger partial charge is 0.255 e. The van der Waals surface area contributed by atoms with Crippen LogP contribution in [-0.2, 0) is 4.74 Å². The topological polar surface area (TPSA) is 111 Å². The molecule has 0 saturated carbocycles. The third kappa shape index (κ3) is 6.45. The Hall–Kier alpha value is -4.67. The van der Waals surface area contributed by atoms with Crippen LogP contribution in [0.25, 0.3) is 10.9 Å². The molecule has 1 saturated heterocycles. The van der Waals surface area contributed by atoms with Crippen LogP contribution in [0.15, 0.2) is 66.7 Å². The number of nitrogens with zero attached hydrogens (tertiary/aromatic N) is 2. The third-order valence-corrected chi connectivity index (χ3v) is 7.24. The highest BCUT2D eigenvalue weighted by atomic mass is 16.6. The lowest BCUT2D eigenvalue weighted by Gasteiger charge is -2.26. The zero-order valence-corrected chi connectivity index (χ0v) is 23.4. The summed E-state index contributed by atoms with van der Waals surface area (Å²) >= 11 is 0. The highest BCUT2D eigenvalue weighted by molar-refractivity contribution is 6.08. The standard InChI is InChI=1S/C32H32N4O6/c1-21-2-6-25(33-31(37)24-4-8-28-29(19-24)41-17-16-40-28)20-27(21)35-32(38)23-3-7-26-22(18-23)5-9-30(34-26)42-15-12-36-10-13-39-14-11-36/h2-9,18-20H,10-17H2,1H3,(H,33,37)(H,35,38). The Labute approximate surface area is 243 Å². The SMILES string of the molecule is Cc1ccc(NC(=O)c2ccc3c(c2)OCCO3)cc1NC(=O)c1ccc2nc(OCCN3CCOCC3)ccc2c1. The molecule has 0 unspecified atom stereocenters. The maximum atomic E-state index is 13.2. The maximum Gasteiger partial charge on any atom is 0.255 e. The van der Waals surface area contributed by atoms with Gasteiger partial charge in [0.05, 0.1) is 18.7 Å². The molecule has 6 rings (SSSR count).